The van der Waals surface area contributed by atoms with Gasteiger partial charge in [0, 0.05) is 26.2 Å². The van der Waals surface area contributed by atoms with Crippen LogP contribution in [-0.4, -0.2) is 53.1 Å². The predicted octanol–water partition coefficient (Wildman–Crippen LogP) is 1.88. The van der Waals surface area contributed by atoms with Crippen molar-refractivity contribution in [3.8, 4) is 0 Å². The smallest absolute Gasteiger partial charge is 0.320 e. The maximum absolute atomic E-state index is 12.4. The molecule has 0 bridgehead atoms. The zero-order valence-corrected chi connectivity index (χ0v) is 12.1. The molecule has 0 spiro atoms. The molecule has 5 nitrogen and oxygen atoms in total. The molecule has 5 heteroatoms. The van der Waals surface area contributed by atoms with E-state index in [2.05, 4.69) is 6.92 Å². The quantitative estimate of drug-likeness (QED) is 0.832. The predicted molar refractivity (Wildman–Crippen MR) is 71.8 cm³/mol. The highest BCUT2D eigenvalue weighted by molar-refractivity contribution is 5.80. The minimum absolute atomic E-state index is 0.0214. The molecule has 0 aromatic carbocycles. The van der Waals surface area contributed by atoms with E-state index in [4.69, 9.17) is 0 Å². The van der Waals surface area contributed by atoms with Crippen molar-refractivity contribution in [3.05, 3.63) is 0 Å². The monoisotopic (exact) mass is 268 g/mol. The summed E-state index contributed by atoms with van der Waals surface area (Å²) in [5, 5.41) is 9.49. The summed E-state index contributed by atoms with van der Waals surface area (Å²) in [6, 6.07) is 0.0214. The Hall–Kier alpha value is -1.26. The highest BCUT2D eigenvalue weighted by Gasteiger charge is 2.49. The number of hydrogen-bond donors (Lipinski definition) is 1. The fraction of sp³-hybridized carbons (Fsp3) is 0.857. The molecule has 2 heterocycles. The van der Waals surface area contributed by atoms with E-state index in [-0.39, 0.29) is 11.9 Å². The summed E-state index contributed by atoms with van der Waals surface area (Å²) in [7, 11) is 0. The number of urea groups is 1. The van der Waals surface area contributed by atoms with E-state index in [0.29, 0.717) is 25.4 Å². The van der Waals surface area contributed by atoms with Crippen molar-refractivity contribution in [2.75, 3.05) is 26.2 Å². The van der Waals surface area contributed by atoms with Crippen LogP contribution in [0.1, 0.15) is 33.6 Å². The molecule has 2 unspecified atom stereocenters. The van der Waals surface area contributed by atoms with Gasteiger partial charge in [0.05, 0.1) is 5.41 Å². The molecule has 0 radical (unpaired) electrons. The van der Waals surface area contributed by atoms with E-state index in [9.17, 15) is 14.7 Å². The van der Waals surface area contributed by atoms with Gasteiger partial charge in [-0.2, -0.15) is 0 Å². The van der Waals surface area contributed by atoms with Crippen LogP contribution in [0, 0.1) is 17.3 Å². The van der Waals surface area contributed by atoms with Crippen LogP contribution in [0.5, 0.6) is 0 Å². The molecule has 2 amide bonds. The van der Waals surface area contributed by atoms with Crippen LogP contribution in [-0.2, 0) is 4.79 Å². The Balaban J connectivity index is 2.05. The first-order valence-electron chi connectivity index (χ1n) is 7.14. The van der Waals surface area contributed by atoms with Gasteiger partial charge in [0.2, 0.25) is 0 Å². The van der Waals surface area contributed by atoms with Crippen LogP contribution in [0.4, 0.5) is 4.79 Å². The molecule has 0 saturated carbocycles. The van der Waals surface area contributed by atoms with E-state index in [1.165, 1.54) is 0 Å². The molecule has 1 N–H and O–H groups in total. The zero-order chi connectivity index (χ0) is 14.2. The van der Waals surface area contributed by atoms with Crippen molar-refractivity contribution in [1.29, 1.82) is 0 Å². The van der Waals surface area contributed by atoms with Gasteiger partial charge in [-0.25, -0.2) is 4.79 Å². The standard InChI is InChI=1S/C14H24N2O3/c1-10(2)14(12(17)18)5-7-16(9-14)13(19)15-6-4-11(3)8-15/h10-11H,4-9H2,1-3H3,(H,17,18). The second-order valence-electron chi connectivity index (χ2n) is 6.41. The van der Waals surface area contributed by atoms with Gasteiger partial charge in [0.15, 0.2) is 0 Å². The van der Waals surface area contributed by atoms with Crippen molar-refractivity contribution >= 4 is 12.0 Å². The molecule has 0 aromatic heterocycles. The van der Waals surface area contributed by atoms with Crippen LogP contribution in [0.25, 0.3) is 0 Å². The van der Waals surface area contributed by atoms with E-state index < -0.39 is 11.4 Å². The first-order valence-corrected chi connectivity index (χ1v) is 7.14. The summed E-state index contributed by atoms with van der Waals surface area (Å²) in [5.74, 6) is -0.172. The lowest BCUT2D eigenvalue weighted by Crippen LogP contribution is -2.44. The molecule has 0 aromatic rings. The lowest BCUT2D eigenvalue weighted by molar-refractivity contribution is -0.150. The molecule has 19 heavy (non-hydrogen) atoms. The Kier molecular flexibility index (Phi) is 3.74. The van der Waals surface area contributed by atoms with Gasteiger partial charge in [-0.1, -0.05) is 20.8 Å². The van der Waals surface area contributed by atoms with Crippen LogP contribution in [0.15, 0.2) is 0 Å². The van der Waals surface area contributed by atoms with Gasteiger partial charge in [0.25, 0.3) is 0 Å². The summed E-state index contributed by atoms with van der Waals surface area (Å²) in [5.41, 5.74) is -0.763. The van der Waals surface area contributed by atoms with Gasteiger partial charge in [-0.05, 0) is 24.7 Å². The molecule has 2 aliphatic rings. The Labute approximate surface area is 114 Å². The molecule has 2 fully saturated rings. The number of carboxylic acid groups (broad SMARTS) is 1. The minimum Gasteiger partial charge on any atom is -0.481 e. The average Bonchev–Trinajstić information content (AvgIpc) is 2.94. The maximum atomic E-state index is 12.4. The van der Waals surface area contributed by atoms with Crippen LogP contribution in [0.3, 0.4) is 0 Å². The topological polar surface area (TPSA) is 60.9 Å². The summed E-state index contributed by atoms with van der Waals surface area (Å²) in [6.07, 6.45) is 1.61. The summed E-state index contributed by atoms with van der Waals surface area (Å²) >= 11 is 0. The van der Waals surface area contributed by atoms with Gasteiger partial charge in [0.1, 0.15) is 0 Å². The number of aliphatic carboxylic acids is 1. The van der Waals surface area contributed by atoms with Crippen LogP contribution >= 0.6 is 0 Å². The van der Waals surface area contributed by atoms with Crippen molar-refractivity contribution in [2.24, 2.45) is 17.3 Å². The number of rotatable bonds is 2. The fourth-order valence-electron chi connectivity index (χ4n) is 3.20. The first kappa shape index (κ1) is 14.2. The van der Waals surface area contributed by atoms with E-state index >= 15 is 0 Å². The van der Waals surface area contributed by atoms with Crippen LogP contribution < -0.4 is 0 Å². The summed E-state index contributed by atoms with van der Waals surface area (Å²) in [4.78, 5) is 27.5. The number of hydrogen-bond acceptors (Lipinski definition) is 2. The summed E-state index contributed by atoms with van der Waals surface area (Å²) in [6.45, 7) is 8.53. The first-order chi connectivity index (χ1) is 8.86. The maximum Gasteiger partial charge on any atom is 0.320 e. The average molecular weight is 268 g/mol. The van der Waals surface area contributed by atoms with Crippen molar-refractivity contribution in [2.45, 2.75) is 33.6 Å². The number of carboxylic acids is 1. The molecule has 108 valence electrons. The molecule has 2 aliphatic heterocycles. The second-order valence-corrected chi connectivity index (χ2v) is 6.41. The Morgan fingerprint density at radius 3 is 2.37 bits per heavy atom. The zero-order valence-electron chi connectivity index (χ0n) is 12.1. The van der Waals surface area contributed by atoms with Crippen molar-refractivity contribution in [1.82, 2.24) is 9.80 Å². The molecule has 2 saturated heterocycles. The molecular weight excluding hydrogens is 244 g/mol. The Morgan fingerprint density at radius 2 is 1.95 bits per heavy atom. The lowest BCUT2D eigenvalue weighted by atomic mass is 9.76. The van der Waals surface area contributed by atoms with E-state index in [1.54, 1.807) is 4.90 Å². The lowest BCUT2D eigenvalue weighted by Gasteiger charge is -2.30. The molecule has 2 atom stereocenters. The van der Waals surface area contributed by atoms with Crippen molar-refractivity contribution < 1.29 is 14.7 Å². The third-order valence-electron chi connectivity index (χ3n) is 4.80. The highest BCUT2D eigenvalue weighted by Crippen LogP contribution is 2.38. The van der Waals surface area contributed by atoms with E-state index in [0.717, 1.165) is 19.5 Å². The van der Waals surface area contributed by atoms with Crippen molar-refractivity contribution in [3.63, 3.8) is 0 Å². The van der Waals surface area contributed by atoms with Gasteiger partial charge < -0.3 is 14.9 Å². The van der Waals surface area contributed by atoms with Gasteiger partial charge in [-0.15, -0.1) is 0 Å². The number of amides is 2. The Bertz CT molecular complexity index is 383. The number of carbonyl (C=O) groups is 2. The minimum atomic E-state index is -0.771. The fourth-order valence-corrected chi connectivity index (χ4v) is 3.20. The molecule has 2 rings (SSSR count). The Morgan fingerprint density at radius 1 is 1.26 bits per heavy atom. The normalized spacial score (nSPS) is 31.3. The van der Waals surface area contributed by atoms with Gasteiger partial charge in [-0.3, -0.25) is 4.79 Å². The van der Waals surface area contributed by atoms with E-state index in [1.807, 2.05) is 18.7 Å². The number of nitrogens with zero attached hydrogens (tertiary/aromatic N) is 2. The largest absolute Gasteiger partial charge is 0.481 e. The van der Waals surface area contributed by atoms with Gasteiger partial charge >= 0.3 is 12.0 Å². The summed E-state index contributed by atoms with van der Waals surface area (Å²) < 4.78 is 0. The molecule has 0 aliphatic carbocycles. The molecular formula is C14H24N2O3. The number of likely N-dealkylation sites (tertiary alicyclic amines) is 2. The number of carbonyl (C=O) groups excluding carboxylic acids is 1. The highest BCUT2D eigenvalue weighted by atomic mass is 16.4. The second kappa shape index (κ2) is 5.02. The third-order valence-corrected chi connectivity index (χ3v) is 4.80. The SMILES string of the molecule is CC1CCN(C(=O)N2CCC(C(=O)O)(C(C)C)C2)C1. The van der Waals surface area contributed by atoms with Crippen LogP contribution in [0.2, 0.25) is 0 Å². The third kappa shape index (κ3) is 2.42.